The van der Waals surface area contributed by atoms with Gasteiger partial charge in [-0.1, -0.05) is 6.92 Å². The number of pyridine rings is 1. The molecule has 0 fully saturated rings. The lowest BCUT2D eigenvalue weighted by Gasteiger charge is -2.07. The molecule has 1 rings (SSSR count). The molecule has 1 unspecified atom stereocenters. The molecule has 1 heterocycles. The van der Waals surface area contributed by atoms with Crippen LogP contribution in [0.4, 0.5) is 13.2 Å². The molecular formula is C9H8F3NO. The molecular weight excluding hydrogens is 195 g/mol. The first-order chi connectivity index (χ1) is 6.45. The van der Waals surface area contributed by atoms with Gasteiger partial charge in [0.25, 0.3) is 0 Å². The van der Waals surface area contributed by atoms with Gasteiger partial charge < -0.3 is 4.79 Å². The lowest BCUT2D eigenvalue weighted by molar-refractivity contribution is -0.137. The molecule has 0 saturated carbocycles. The monoisotopic (exact) mass is 203 g/mol. The summed E-state index contributed by atoms with van der Waals surface area (Å²) in [5.41, 5.74) is -0.465. The van der Waals surface area contributed by atoms with Crippen molar-refractivity contribution >= 4 is 6.29 Å². The molecule has 14 heavy (non-hydrogen) atoms. The molecule has 0 bridgehead atoms. The fraction of sp³-hybridized carbons (Fsp3) is 0.333. The van der Waals surface area contributed by atoms with Crippen LogP contribution in [0.15, 0.2) is 18.3 Å². The molecule has 76 valence electrons. The minimum atomic E-state index is -4.38. The average Bonchev–Trinajstić information content (AvgIpc) is 2.15. The van der Waals surface area contributed by atoms with Crippen LogP contribution in [0.2, 0.25) is 0 Å². The average molecular weight is 203 g/mol. The Morgan fingerprint density at radius 3 is 2.43 bits per heavy atom. The Kier molecular flexibility index (Phi) is 2.88. The van der Waals surface area contributed by atoms with Crippen LogP contribution < -0.4 is 0 Å². The molecule has 0 aromatic carbocycles. The molecule has 0 aliphatic carbocycles. The van der Waals surface area contributed by atoms with Gasteiger partial charge in [-0.2, -0.15) is 13.2 Å². The maximum absolute atomic E-state index is 12.1. The summed E-state index contributed by atoms with van der Waals surface area (Å²) in [6, 6.07) is 2.13. The largest absolute Gasteiger partial charge is 0.417 e. The van der Waals surface area contributed by atoms with E-state index in [2.05, 4.69) is 4.98 Å². The quantitative estimate of drug-likeness (QED) is 0.691. The minimum Gasteiger partial charge on any atom is -0.303 e. The van der Waals surface area contributed by atoms with Crippen molar-refractivity contribution in [3.8, 4) is 0 Å². The summed E-state index contributed by atoms with van der Waals surface area (Å²) in [6.07, 6.45) is -3.01. The fourth-order valence-corrected chi connectivity index (χ4v) is 0.912. The zero-order chi connectivity index (χ0) is 10.8. The van der Waals surface area contributed by atoms with E-state index >= 15 is 0 Å². The van der Waals surface area contributed by atoms with Gasteiger partial charge in [-0.25, -0.2) is 0 Å². The van der Waals surface area contributed by atoms with Gasteiger partial charge in [-0.3, -0.25) is 4.98 Å². The van der Waals surface area contributed by atoms with E-state index in [1.165, 1.54) is 6.07 Å². The van der Waals surface area contributed by atoms with Crippen LogP contribution in [0.25, 0.3) is 0 Å². The Bertz CT molecular complexity index is 318. The Labute approximate surface area is 78.8 Å². The van der Waals surface area contributed by atoms with Crippen molar-refractivity contribution in [3.05, 3.63) is 29.6 Å². The van der Waals surface area contributed by atoms with E-state index in [1.807, 2.05) is 0 Å². The molecule has 0 amide bonds. The Hall–Kier alpha value is -1.39. The Balaban J connectivity index is 2.95. The van der Waals surface area contributed by atoms with Gasteiger partial charge in [0.05, 0.1) is 17.2 Å². The highest BCUT2D eigenvalue weighted by Gasteiger charge is 2.30. The molecule has 0 aliphatic heterocycles. The second-order valence-electron chi connectivity index (χ2n) is 2.89. The van der Waals surface area contributed by atoms with Gasteiger partial charge in [0.1, 0.15) is 6.29 Å². The minimum absolute atomic E-state index is 0.341. The first kappa shape index (κ1) is 10.7. The van der Waals surface area contributed by atoms with E-state index in [0.717, 1.165) is 12.3 Å². The highest BCUT2D eigenvalue weighted by molar-refractivity contribution is 5.60. The van der Waals surface area contributed by atoms with Crippen molar-refractivity contribution in [2.24, 2.45) is 0 Å². The van der Waals surface area contributed by atoms with Gasteiger partial charge >= 0.3 is 6.18 Å². The topological polar surface area (TPSA) is 30.0 Å². The van der Waals surface area contributed by atoms with Gasteiger partial charge in [0, 0.05) is 6.20 Å². The maximum atomic E-state index is 12.1. The smallest absolute Gasteiger partial charge is 0.303 e. The summed E-state index contributed by atoms with van der Waals surface area (Å²) in [5, 5.41) is 0. The zero-order valence-corrected chi connectivity index (χ0v) is 7.38. The lowest BCUT2D eigenvalue weighted by Crippen LogP contribution is -2.07. The third-order valence-corrected chi connectivity index (χ3v) is 1.78. The highest BCUT2D eigenvalue weighted by atomic mass is 19.4. The molecule has 1 aromatic rings. The molecule has 1 atom stereocenters. The number of rotatable bonds is 2. The van der Waals surface area contributed by atoms with Gasteiger partial charge in [-0.15, -0.1) is 0 Å². The van der Waals surface area contributed by atoms with E-state index in [4.69, 9.17) is 0 Å². The number of halogens is 3. The number of hydrogen-bond acceptors (Lipinski definition) is 2. The normalized spacial score (nSPS) is 13.7. The third-order valence-electron chi connectivity index (χ3n) is 1.78. The van der Waals surface area contributed by atoms with Crippen LogP contribution in [0.3, 0.4) is 0 Å². The summed E-state index contributed by atoms with van der Waals surface area (Å²) >= 11 is 0. The molecule has 0 N–H and O–H groups in total. The zero-order valence-electron chi connectivity index (χ0n) is 7.38. The number of aromatic nitrogens is 1. The number of hydrogen-bond donors (Lipinski definition) is 0. The summed E-state index contributed by atoms with van der Waals surface area (Å²) < 4.78 is 36.3. The molecule has 0 spiro atoms. The van der Waals surface area contributed by atoms with Crippen molar-refractivity contribution in [3.63, 3.8) is 0 Å². The summed E-state index contributed by atoms with van der Waals surface area (Å²) in [4.78, 5) is 13.9. The molecule has 1 aromatic heterocycles. The van der Waals surface area contributed by atoms with E-state index in [1.54, 1.807) is 6.92 Å². The number of carbonyl (C=O) groups excluding carboxylic acids is 1. The van der Waals surface area contributed by atoms with E-state index in [-0.39, 0.29) is 0 Å². The van der Waals surface area contributed by atoms with Crippen LogP contribution >= 0.6 is 0 Å². The highest BCUT2D eigenvalue weighted by Crippen LogP contribution is 2.28. The van der Waals surface area contributed by atoms with E-state index in [9.17, 15) is 18.0 Å². The second-order valence-corrected chi connectivity index (χ2v) is 2.89. The number of aldehydes is 1. The van der Waals surface area contributed by atoms with E-state index < -0.39 is 17.7 Å². The van der Waals surface area contributed by atoms with E-state index in [0.29, 0.717) is 12.0 Å². The number of carbonyl (C=O) groups is 1. The molecule has 0 aliphatic rings. The maximum Gasteiger partial charge on any atom is 0.417 e. The molecule has 0 saturated heterocycles. The summed E-state index contributed by atoms with van der Waals surface area (Å²) in [6.45, 7) is 1.57. The molecule has 0 radical (unpaired) electrons. The first-order valence-electron chi connectivity index (χ1n) is 3.93. The molecule has 5 heteroatoms. The van der Waals surface area contributed by atoms with Crippen LogP contribution in [-0.4, -0.2) is 11.3 Å². The Morgan fingerprint density at radius 1 is 1.43 bits per heavy atom. The first-order valence-corrected chi connectivity index (χ1v) is 3.93. The van der Waals surface area contributed by atoms with Crippen molar-refractivity contribution in [2.75, 3.05) is 0 Å². The van der Waals surface area contributed by atoms with Crippen molar-refractivity contribution in [2.45, 2.75) is 19.0 Å². The summed E-state index contributed by atoms with van der Waals surface area (Å²) in [7, 11) is 0. The lowest BCUT2D eigenvalue weighted by atomic mass is 10.1. The fourth-order valence-electron chi connectivity index (χ4n) is 0.912. The number of nitrogens with zero attached hydrogens (tertiary/aromatic N) is 1. The van der Waals surface area contributed by atoms with Crippen molar-refractivity contribution in [1.29, 1.82) is 0 Å². The standard InChI is InChI=1S/C9H8F3NO/c1-6(5-14)8-3-2-7(4-13-8)9(10,11)12/h2-6H,1H3. The van der Waals surface area contributed by atoms with Crippen LogP contribution in [-0.2, 0) is 11.0 Å². The van der Waals surface area contributed by atoms with Crippen LogP contribution in [0, 0.1) is 0 Å². The van der Waals surface area contributed by atoms with Crippen molar-refractivity contribution < 1.29 is 18.0 Å². The van der Waals surface area contributed by atoms with Gasteiger partial charge in [0.15, 0.2) is 0 Å². The second kappa shape index (κ2) is 3.77. The van der Waals surface area contributed by atoms with Crippen molar-refractivity contribution in [1.82, 2.24) is 4.98 Å². The van der Waals surface area contributed by atoms with Crippen LogP contribution in [0.1, 0.15) is 24.1 Å². The number of alkyl halides is 3. The third kappa shape index (κ3) is 2.31. The summed E-state index contributed by atoms with van der Waals surface area (Å²) in [5.74, 6) is -0.475. The Morgan fingerprint density at radius 2 is 2.07 bits per heavy atom. The van der Waals surface area contributed by atoms with Gasteiger partial charge in [-0.05, 0) is 12.1 Å². The predicted octanol–water partition coefficient (Wildman–Crippen LogP) is 2.40. The molecule has 2 nitrogen and oxygen atoms in total. The van der Waals surface area contributed by atoms with Gasteiger partial charge in [0.2, 0.25) is 0 Å². The van der Waals surface area contributed by atoms with Crippen LogP contribution in [0.5, 0.6) is 0 Å². The SMILES string of the molecule is CC(C=O)c1ccc(C(F)(F)F)cn1. The predicted molar refractivity (Wildman–Crippen MR) is 43.7 cm³/mol.